The fraction of sp³-hybridized carbons (Fsp3) is 0.682. The van der Waals surface area contributed by atoms with Gasteiger partial charge in [-0.1, -0.05) is 32.5 Å². The Labute approximate surface area is 182 Å². The second kappa shape index (κ2) is 8.06. The van der Waals surface area contributed by atoms with E-state index in [1.54, 1.807) is 0 Å². The van der Waals surface area contributed by atoms with E-state index >= 15 is 0 Å². The van der Waals surface area contributed by atoms with Crippen LogP contribution in [-0.4, -0.2) is 43.9 Å². The van der Waals surface area contributed by atoms with Gasteiger partial charge in [0.15, 0.2) is 11.0 Å². The van der Waals surface area contributed by atoms with Crippen molar-refractivity contribution in [3.8, 4) is 10.7 Å². The summed E-state index contributed by atoms with van der Waals surface area (Å²) in [7, 11) is 2.02. The predicted molar refractivity (Wildman–Crippen MR) is 120 cm³/mol. The van der Waals surface area contributed by atoms with E-state index in [9.17, 15) is 4.79 Å². The molecule has 1 amide bonds. The second-order valence-electron chi connectivity index (χ2n) is 9.52. The quantitative estimate of drug-likeness (QED) is 0.651. The summed E-state index contributed by atoms with van der Waals surface area (Å²) in [5.41, 5.74) is 1.85. The van der Waals surface area contributed by atoms with Gasteiger partial charge >= 0.3 is 0 Å². The van der Waals surface area contributed by atoms with E-state index in [0.717, 1.165) is 49.3 Å². The summed E-state index contributed by atoms with van der Waals surface area (Å²) in [4.78, 5) is 17.3. The third kappa shape index (κ3) is 4.26. The minimum Gasteiger partial charge on any atom is -0.342 e. The molecular formula is C22H32N4OS2. The molecule has 0 saturated carbocycles. The maximum Gasteiger partial charge on any atom is 0.235 e. The Bertz CT molecular complexity index is 889. The van der Waals surface area contributed by atoms with Crippen LogP contribution < -0.4 is 0 Å². The van der Waals surface area contributed by atoms with Gasteiger partial charge < -0.3 is 9.47 Å². The number of fused-ring (bicyclic) bond motifs is 1. The summed E-state index contributed by atoms with van der Waals surface area (Å²) in [6.07, 6.45) is 5.85. The average molecular weight is 433 g/mol. The standard InChI is InChI=1S/C22H32N4OS2/c1-14(20(27)26-10-6-7-11-26)28-21-24-23-19(25(21)5)18-13-15-12-16(22(2,3)4)8-9-17(15)29-18/h13-14,16H,6-12H2,1-5H3/t14-,16-/m1/s1. The van der Waals surface area contributed by atoms with Crippen LogP contribution in [0, 0.1) is 11.3 Å². The van der Waals surface area contributed by atoms with Crippen LogP contribution in [0.3, 0.4) is 0 Å². The fourth-order valence-corrected chi connectivity index (χ4v) is 6.54. The summed E-state index contributed by atoms with van der Waals surface area (Å²) in [6.45, 7) is 10.8. The number of carbonyl (C=O) groups is 1. The predicted octanol–water partition coefficient (Wildman–Crippen LogP) is 4.80. The van der Waals surface area contributed by atoms with Crippen LogP contribution in [0.2, 0.25) is 0 Å². The number of thiophene rings is 1. The van der Waals surface area contributed by atoms with Crippen LogP contribution in [0.1, 0.15) is 57.4 Å². The Morgan fingerprint density at radius 2 is 2.00 bits per heavy atom. The molecule has 7 heteroatoms. The smallest absolute Gasteiger partial charge is 0.235 e. The number of thioether (sulfide) groups is 1. The van der Waals surface area contributed by atoms with E-state index < -0.39 is 0 Å². The Balaban J connectivity index is 1.49. The molecule has 1 saturated heterocycles. The van der Waals surface area contributed by atoms with Gasteiger partial charge in [-0.25, -0.2) is 0 Å². The normalized spacial score (nSPS) is 20.7. The number of hydrogen-bond acceptors (Lipinski definition) is 5. The van der Waals surface area contributed by atoms with Crippen LogP contribution in [0.5, 0.6) is 0 Å². The zero-order valence-corrected chi connectivity index (χ0v) is 19.8. The van der Waals surface area contributed by atoms with Gasteiger partial charge in [0, 0.05) is 25.0 Å². The minimum absolute atomic E-state index is 0.132. The van der Waals surface area contributed by atoms with Crippen molar-refractivity contribution in [3.05, 3.63) is 16.5 Å². The molecular weight excluding hydrogens is 400 g/mol. The number of nitrogens with zero attached hydrogens (tertiary/aromatic N) is 4. The molecule has 5 nitrogen and oxygen atoms in total. The Morgan fingerprint density at radius 3 is 2.69 bits per heavy atom. The molecule has 158 valence electrons. The number of amides is 1. The highest BCUT2D eigenvalue weighted by molar-refractivity contribution is 8.00. The zero-order chi connectivity index (χ0) is 20.8. The Hall–Kier alpha value is -1.34. The van der Waals surface area contributed by atoms with E-state index in [0.29, 0.717) is 5.41 Å². The summed E-state index contributed by atoms with van der Waals surface area (Å²) in [5.74, 6) is 1.87. The fourth-order valence-electron chi connectivity index (χ4n) is 4.41. The van der Waals surface area contributed by atoms with Crippen LogP contribution >= 0.6 is 23.1 Å². The van der Waals surface area contributed by atoms with Gasteiger partial charge in [0.1, 0.15) is 0 Å². The first-order valence-electron chi connectivity index (χ1n) is 10.7. The maximum absolute atomic E-state index is 12.6. The van der Waals surface area contributed by atoms with Gasteiger partial charge in [0.25, 0.3) is 0 Å². The van der Waals surface area contributed by atoms with E-state index in [-0.39, 0.29) is 11.2 Å². The van der Waals surface area contributed by atoms with E-state index in [4.69, 9.17) is 0 Å². The van der Waals surface area contributed by atoms with Gasteiger partial charge in [0.05, 0.1) is 10.1 Å². The molecule has 1 fully saturated rings. The lowest BCUT2D eigenvalue weighted by Crippen LogP contribution is -2.34. The van der Waals surface area contributed by atoms with Crippen LogP contribution in [0.15, 0.2) is 11.2 Å². The molecule has 0 aromatic carbocycles. The number of hydrogen-bond donors (Lipinski definition) is 0. The highest BCUT2D eigenvalue weighted by atomic mass is 32.2. The van der Waals surface area contributed by atoms with Gasteiger partial charge in [-0.2, -0.15) is 0 Å². The van der Waals surface area contributed by atoms with Crippen molar-refractivity contribution in [2.45, 2.75) is 70.2 Å². The van der Waals surface area contributed by atoms with Crippen molar-refractivity contribution >= 4 is 29.0 Å². The number of rotatable bonds is 4. The molecule has 0 radical (unpaired) electrons. The number of aryl methyl sites for hydroxylation is 1. The molecule has 2 atom stereocenters. The van der Waals surface area contributed by atoms with Crippen molar-refractivity contribution in [1.29, 1.82) is 0 Å². The van der Waals surface area contributed by atoms with E-state index in [2.05, 4.69) is 41.6 Å². The first-order chi connectivity index (χ1) is 13.7. The third-order valence-electron chi connectivity index (χ3n) is 6.41. The topological polar surface area (TPSA) is 51.0 Å². The SMILES string of the molecule is C[C@@H](Sc1nnc(-c2cc3c(s2)CC[C@@H](C(C)(C)C)C3)n1C)C(=O)N1CCCC1. The van der Waals surface area contributed by atoms with Crippen LogP contribution in [-0.2, 0) is 24.7 Å². The number of carbonyl (C=O) groups excluding carboxylic acids is 1. The molecule has 2 aliphatic rings. The summed E-state index contributed by atoms with van der Waals surface area (Å²) < 4.78 is 2.05. The molecule has 0 bridgehead atoms. The first-order valence-corrected chi connectivity index (χ1v) is 12.4. The Morgan fingerprint density at radius 1 is 1.28 bits per heavy atom. The van der Waals surface area contributed by atoms with E-state index in [1.807, 2.05) is 30.2 Å². The van der Waals surface area contributed by atoms with Gasteiger partial charge in [-0.15, -0.1) is 21.5 Å². The highest BCUT2D eigenvalue weighted by Gasteiger charge is 2.31. The monoisotopic (exact) mass is 432 g/mol. The number of aromatic nitrogens is 3. The second-order valence-corrected chi connectivity index (χ2v) is 12.0. The largest absolute Gasteiger partial charge is 0.342 e. The molecule has 2 aromatic heterocycles. The molecule has 1 aliphatic carbocycles. The molecule has 4 rings (SSSR count). The lowest BCUT2D eigenvalue weighted by atomic mass is 9.72. The molecule has 0 unspecified atom stereocenters. The summed E-state index contributed by atoms with van der Waals surface area (Å²) in [6, 6.07) is 2.33. The van der Waals surface area contributed by atoms with Crippen molar-refractivity contribution in [2.75, 3.05) is 13.1 Å². The van der Waals surface area contributed by atoms with Crippen molar-refractivity contribution in [3.63, 3.8) is 0 Å². The van der Waals surface area contributed by atoms with Gasteiger partial charge in [-0.3, -0.25) is 4.79 Å². The minimum atomic E-state index is -0.132. The molecule has 29 heavy (non-hydrogen) atoms. The average Bonchev–Trinajstić information content (AvgIpc) is 3.40. The summed E-state index contributed by atoms with van der Waals surface area (Å²) in [5, 5.41) is 9.59. The Kier molecular flexibility index (Phi) is 5.81. The van der Waals surface area contributed by atoms with Gasteiger partial charge in [-0.05, 0) is 62.0 Å². The van der Waals surface area contributed by atoms with E-state index in [1.165, 1.54) is 39.9 Å². The van der Waals surface area contributed by atoms with Gasteiger partial charge in [0.2, 0.25) is 5.91 Å². The van der Waals surface area contributed by atoms with Crippen LogP contribution in [0.4, 0.5) is 0 Å². The maximum atomic E-state index is 12.6. The zero-order valence-electron chi connectivity index (χ0n) is 18.2. The third-order valence-corrected chi connectivity index (χ3v) is 8.77. The molecule has 0 spiro atoms. The molecule has 2 aromatic rings. The van der Waals surface area contributed by atoms with Crippen molar-refractivity contribution in [2.24, 2.45) is 18.4 Å². The molecule has 1 aliphatic heterocycles. The summed E-state index contributed by atoms with van der Waals surface area (Å²) >= 11 is 3.39. The lowest BCUT2D eigenvalue weighted by molar-refractivity contribution is -0.129. The van der Waals surface area contributed by atoms with Crippen LogP contribution in [0.25, 0.3) is 10.7 Å². The molecule has 3 heterocycles. The van der Waals surface area contributed by atoms with Crippen molar-refractivity contribution < 1.29 is 4.79 Å². The van der Waals surface area contributed by atoms with Crippen molar-refractivity contribution in [1.82, 2.24) is 19.7 Å². The first kappa shape index (κ1) is 20.9. The molecule has 0 N–H and O–H groups in total. The highest BCUT2D eigenvalue weighted by Crippen LogP contribution is 2.42. The number of likely N-dealkylation sites (tertiary alicyclic amines) is 1. The lowest BCUT2D eigenvalue weighted by Gasteiger charge is -2.33.